The molecule has 2 aromatic heterocycles. The topological polar surface area (TPSA) is 64.9 Å². The van der Waals surface area contributed by atoms with Crippen LogP contribution in [0.2, 0.25) is 0 Å². The molecule has 0 aromatic carbocycles. The van der Waals surface area contributed by atoms with Gasteiger partial charge in [-0.1, -0.05) is 6.92 Å². The monoisotopic (exact) mass is 203 g/mol. The molecule has 0 aliphatic carbocycles. The van der Waals surface area contributed by atoms with E-state index in [0.717, 1.165) is 23.2 Å². The number of furan rings is 1. The molecule has 0 bridgehead atoms. The van der Waals surface area contributed by atoms with Gasteiger partial charge < -0.3 is 10.2 Å². The lowest BCUT2D eigenvalue weighted by Gasteiger charge is -2.06. The average Bonchev–Trinajstić information content (AvgIpc) is 2.75. The minimum absolute atomic E-state index is 0.540. The van der Waals surface area contributed by atoms with Crippen LogP contribution < -0.4 is 5.73 Å². The van der Waals surface area contributed by atoms with E-state index < -0.39 is 0 Å². The molecule has 0 aliphatic heterocycles. The molecular weight excluding hydrogens is 190 g/mol. The average molecular weight is 203 g/mol. The first-order chi connectivity index (χ1) is 7.22. The summed E-state index contributed by atoms with van der Waals surface area (Å²) < 4.78 is 4.99. The smallest absolute Gasteiger partial charge is 0.165 e. The summed E-state index contributed by atoms with van der Waals surface area (Å²) in [5, 5.41) is 0. The van der Waals surface area contributed by atoms with Crippen molar-refractivity contribution in [3.8, 4) is 11.4 Å². The Morgan fingerprint density at radius 2 is 2.20 bits per heavy atom. The zero-order valence-electron chi connectivity index (χ0n) is 8.82. The Morgan fingerprint density at radius 3 is 2.80 bits per heavy atom. The highest BCUT2D eigenvalue weighted by atomic mass is 16.3. The van der Waals surface area contributed by atoms with Gasteiger partial charge in [0.25, 0.3) is 0 Å². The molecule has 2 rings (SSSR count). The lowest BCUT2D eigenvalue weighted by atomic mass is 10.2. The first kappa shape index (κ1) is 9.71. The summed E-state index contributed by atoms with van der Waals surface area (Å²) in [5.74, 6) is 1.17. The lowest BCUT2D eigenvalue weighted by Crippen LogP contribution is -2.03. The number of rotatable bonds is 2. The Kier molecular flexibility index (Phi) is 2.41. The maximum Gasteiger partial charge on any atom is 0.165 e. The Hall–Kier alpha value is -1.84. The van der Waals surface area contributed by atoms with Crippen LogP contribution in [0.1, 0.15) is 18.2 Å². The van der Waals surface area contributed by atoms with Gasteiger partial charge in [0.2, 0.25) is 0 Å². The molecule has 4 heteroatoms. The molecule has 0 saturated heterocycles. The van der Waals surface area contributed by atoms with Crippen LogP contribution in [0.15, 0.2) is 23.0 Å². The number of nitrogens with zero attached hydrogens (tertiary/aromatic N) is 2. The van der Waals surface area contributed by atoms with E-state index in [1.165, 1.54) is 0 Å². The molecule has 15 heavy (non-hydrogen) atoms. The van der Waals surface area contributed by atoms with Crippen LogP contribution in [-0.4, -0.2) is 9.97 Å². The van der Waals surface area contributed by atoms with Gasteiger partial charge >= 0.3 is 0 Å². The molecule has 2 N–H and O–H groups in total. The third-order valence-electron chi connectivity index (χ3n) is 2.40. The fourth-order valence-corrected chi connectivity index (χ4v) is 1.45. The molecule has 0 fully saturated rings. The van der Waals surface area contributed by atoms with Gasteiger partial charge in [0.05, 0.1) is 11.8 Å². The van der Waals surface area contributed by atoms with Crippen LogP contribution in [0.4, 0.5) is 5.82 Å². The number of aryl methyl sites for hydroxylation is 1. The molecule has 0 spiro atoms. The van der Waals surface area contributed by atoms with Gasteiger partial charge in [-0.2, -0.15) is 0 Å². The van der Waals surface area contributed by atoms with Crippen molar-refractivity contribution in [3.63, 3.8) is 0 Å². The summed E-state index contributed by atoms with van der Waals surface area (Å²) in [6.45, 7) is 3.99. The van der Waals surface area contributed by atoms with E-state index in [1.54, 1.807) is 12.5 Å². The number of nitrogens with two attached hydrogens (primary N) is 1. The molecule has 0 unspecified atom stereocenters. The number of hydrogen-bond acceptors (Lipinski definition) is 4. The standard InChI is InChI=1S/C11H13N3O/c1-3-9-7(2)10(12)14-11(13-9)8-4-5-15-6-8/h4-6H,3H2,1-2H3,(H2,12,13,14). The van der Waals surface area contributed by atoms with E-state index in [-0.39, 0.29) is 0 Å². The third kappa shape index (κ3) is 1.70. The molecule has 0 atom stereocenters. The fraction of sp³-hybridized carbons (Fsp3) is 0.273. The molecule has 0 amide bonds. The number of aromatic nitrogens is 2. The SMILES string of the molecule is CCc1nc(-c2ccoc2)nc(N)c1C. The number of hydrogen-bond donors (Lipinski definition) is 1. The van der Waals surface area contributed by atoms with Crippen molar-refractivity contribution < 1.29 is 4.42 Å². The quantitative estimate of drug-likeness (QED) is 0.812. The lowest BCUT2D eigenvalue weighted by molar-refractivity contribution is 0.568. The second kappa shape index (κ2) is 3.73. The molecule has 78 valence electrons. The second-order valence-corrected chi connectivity index (χ2v) is 3.37. The largest absolute Gasteiger partial charge is 0.472 e. The van der Waals surface area contributed by atoms with Crippen molar-refractivity contribution in [1.29, 1.82) is 0 Å². The molecular formula is C11H13N3O. The Labute approximate surface area is 88.2 Å². The second-order valence-electron chi connectivity index (χ2n) is 3.37. The summed E-state index contributed by atoms with van der Waals surface area (Å²) in [6.07, 6.45) is 4.06. The van der Waals surface area contributed by atoms with Crippen molar-refractivity contribution in [1.82, 2.24) is 9.97 Å². The van der Waals surface area contributed by atoms with Crippen LogP contribution in [0.3, 0.4) is 0 Å². The summed E-state index contributed by atoms with van der Waals surface area (Å²) in [7, 11) is 0. The molecule has 2 aromatic rings. The Bertz CT molecular complexity index is 463. The van der Waals surface area contributed by atoms with E-state index in [1.807, 2.05) is 19.9 Å². The predicted octanol–water partition coefficient (Wildman–Crippen LogP) is 2.19. The van der Waals surface area contributed by atoms with Crippen molar-refractivity contribution in [2.24, 2.45) is 0 Å². The maximum absolute atomic E-state index is 5.82. The van der Waals surface area contributed by atoms with E-state index in [9.17, 15) is 0 Å². The van der Waals surface area contributed by atoms with E-state index in [0.29, 0.717) is 11.6 Å². The van der Waals surface area contributed by atoms with E-state index in [2.05, 4.69) is 9.97 Å². The van der Waals surface area contributed by atoms with Crippen LogP contribution in [-0.2, 0) is 6.42 Å². The van der Waals surface area contributed by atoms with Crippen LogP contribution in [0.25, 0.3) is 11.4 Å². The highest BCUT2D eigenvalue weighted by Crippen LogP contribution is 2.20. The fourth-order valence-electron chi connectivity index (χ4n) is 1.45. The van der Waals surface area contributed by atoms with Crippen LogP contribution in [0.5, 0.6) is 0 Å². The van der Waals surface area contributed by atoms with Crippen LogP contribution >= 0.6 is 0 Å². The number of anilines is 1. The third-order valence-corrected chi connectivity index (χ3v) is 2.40. The van der Waals surface area contributed by atoms with Gasteiger partial charge in [0, 0.05) is 11.3 Å². The normalized spacial score (nSPS) is 10.5. The number of nitrogen functional groups attached to an aromatic ring is 1. The van der Waals surface area contributed by atoms with Crippen LogP contribution in [0, 0.1) is 6.92 Å². The molecule has 0 saturated carbocycles. The first-order valence-corrected chi connectivity index (χ1v) is 4.88. The minimum atomic E-state index is 0.540. The van der Waals surface area contributed by atoms with Crippen molar-refractivity contribution in [2.45, 2.75) is 20.3 Å². The molecule has 4 nitrogen and oxygen atoms in total. The predicted molar refractivity (Wildman–Crippen MR) is 58.3 cm³/mol. The van der Waals surface area contributed by atoms with Crippen molar-refractivity contribution in [2.75, 3.05) is 5.73 Å². The van der Waals surface area contributed by atoms with Crippen molar-refractivity contribution >= 4 is 5.82 Å². The van der Waals surface area contributed by atoms with Gasteiger partial charge in [0.15, 0.2) is 5.82 Å². The maximum atomic E-state index is 5.82. The zero-order chi connectivity index (χ0) is 10.8. The van der Waals surface area contributed by atoms with Gasteiger partial charge in [0.1, 0.15) is 12.1 Å². The first-order valence-electron chi connectivity index (χ1n) is 4.88. The zero-order valence-corrected chi connectivity index (χ0v) is 8.82. The minimum Gasteiger partial charge on any atom is -0.472 e. The molecule has 0 aliphatic rings. The Morgan fingerprint density at radius 1 is 1.40 bits per heavy atom. The summed E-state index contributed by atoms with van der Waals surface area (Å²) >= 11 is 0. The summed E-state index contributed by atoms with van der Waals surface area (Å²) in [6, 6.07) is 1.82. The van der Waals surface area contributed by atoms with E-state index in [4.69, 9.17) is 10.2 Å². The summed E-state index contributed by atoms with van der Waals surface area (Å²) in [5.41, 5.74) is 8.63. The van der Waals surface area contributed by atoms with E-state index >= 15 is 0 Å². The van der Waals surface area contributed by atoms with Gasteiger partial charge in [-0.05, 0) is 19.4 Å². The van der Waals surface area contributed by atoms with Crippen molar-refractivity contribution in [3.05, 3.63) is 29.9 Å². The summed E-state index contributed by atoms with van der Waals surface area (Å²) in [4.78, 5) is 8.67. The molecule has 2 heterocycles. The van der Waals surface area contributed by atoms with Gasteiger partial charge in [-0.3, -0.25) is 0 Å². The van der Waals surface area contributed by atoms with Gasteiger partial charge in [-0.15, -0.1) is 0 Å². The Balaban J connectivity index is 2.55. The molecule has 0 radical (unpaired) electrons. The highest BCUT2D eigenvalue weighted by molar-refractivity contribution is 5.57. The van der Waals surface area contributed by atoms with Gasteiger partial charge in [-0.25, -0.2) is 9.97 Å². The highest BCUT2D eigenvalue weighted by Gasteiger charge is 2.09.